The first kappa shape index (κ1) is 15.4. The molecule has 1 aliphatic heterocycles. The first-order valence-corrected chi connectivity index (χ1v) is 8.73. The Bertz CT molecular complexity index is 499. The van der Waals surface area contributed by atoms with Gasteiger partial charge in [-0.15, -0.1) is 0 Å². The average Bonchev–Trinajstić information content (AvgIpc) is 2.50. The van der Waals surface area contributed by atoms with E-state index in [0.29, 0.717) is 44.6 Å². The predicted molar refractivity (Wildman–Crippen MR) is 80.4 cm³/mol. The molecule has 0 radical (unpaired) electrons. The lowest BCUT2D eigenvalue weighted by Crippen LogP contribution is -2.58. The van der Waals surface area contributed by atoms with Gasteiger partial charge in [0.15, 0.2) is 6.61 Å². The molecule has 1 amide bonds. The van der Waals surface area contributed by atoms with E-state index < -0.39 is 11.0 Å². The molecule has 1 N–H and O–H groups in total. The highest BCUT2D eigenvalue weighted by atomic mass is 16.5. The van der Waals surface area contributed by atoms with Crippen LogP contribution in [0.15, 0.2) is 0 Å². The molecular weight excluding hydrogens is 298 g/mol. The van der Waals surface area contributed by atoms with E-state index in [4.69, 9.17) is 9.47 Å². The van der Waals surface area contributed by atoms with Crippen molar-refractivity contribution in [3.63, 3.8) is 0 Å². The third-order valence-corrected chi connectivity index (χ3v) is 6.15. The molecule has 5 fully saturated rings. The molecule has 0 aromatic rings. The highest BCUT2D eigenvalue weighted by Crippen LogP contribution is 2.61. The third kappa shape index (κ3) is 2.76. The third-order valence-electron chi connectivity index (χ3n) is 6.15. The van der Waals surface area contributed by atoms with Gasteiger partial charge in [-0.25, -0.2) is 0 Å². The van der Waals surface area contributed by atoms with Gasteiger partial charge in [-0.1, -0.05) is 0 Å². The number of esters is 1. The Kier molecular flexibility index (Phi) is 3.65. The second-order valence-corrected chi connectivity index (χ2v) is 8.03. The van der Waals surface area contributed by atoms with Crippen molar-refractivity contribution < 1.29 is 24.2 Å². The van der Waals surface area contributed by atoms with Gasteiger partial charge >= 0.3 is 5.97 Å². The van der Waals surface area contributed by atoms with Gasteiger partial charge in [0.1, 0.15) is 0 Å². The molecule has 5 aliphatic rings. The molecule has 4 aliphatic carbocycles. The molecule has 6 heteroatoms. The highest BCUT2D eigenvalue weighted by Gasteiger charge is 2.60. The fourth-order valence-corrected chi connectivity index (χ4v) is 5.64. The maximum absolute atomic E-state index is 12.7. The minimum Gasteiger partial charge on any atom is -0.455 e. The van der Waals surface area contributed by atoms with E-state index in [0.717, 1.165) is 32.1 Å². The van der Waals surface area contributed by atoms with Crippen LogP contribution >= 0.6 is 0 Å². The summed E-state index contributed by atoms with van der Waals surface area (Å²) in [5, 5.41) is 10.7. The van der Waals surface area contributed by atoms with Crippen LogP contribution in [0.1, 0.15) is 38.5 Å². The summed E-state index contributed by atoms with van der Waals surface area (Å²) in [4.78, 5) is 26.5. The molecule has 2 atom stereocenters. The summed E-state index contributed by atoms with van der Waals surface area (Å²) in [6, 6.07) is 0. The molecule has 1 saturated heterocycles. The molecule has 4 saturated carbocycles. The summed E-state index contributed by atoms with van der Waals surface area (Å²) in [5.74, 6) is 0.448. The van der Waals surface area contributed by atoms with Crippen LogP contribution < -0.4 is 0 Å². The fourth-order valence-electron chi connectivity index (χ4n) is 5.64. The molecule has 2 unspecified atom stereocenters. The highest BCUT2D eigenvalue weighted by molar-refractivity contribution is 5.83. The van der Waals surface area contributed by atoms with Crippen LogP contribution in [-0.4, -0.2) is 60.4 Å². The molecule has 5 rings (SSSR count). The number of rotatable bonds is 3. The van der Waals surface area contributed by atoms with Gasteiger partial charge in [-0.3, -0.25) is 9.59 Å². The number of carbonyl (C=O) groups excluding carboxylic acids is 2. The van der Waals surface area contributed by atoms with Gasteiger partial charge in [0, 0.05) is 13.1 Å². The number of nitrogens with zero attached hydrogens (tertiary/aromatic N) is 1. The summed E-state index contributed by atoms with van der Waals surface area (Å²) in [6.07, 6.45) is 4.92. The molecule has 128 valence electrons. The quantitative estimate of drug-likeness (QED) is 0.775. The van der Waals surface area contributed by atoms with Gasteiger partial charge in [-0.2, -0.15) is 0 Å². The van der Waals surface area contributed by atoms with Crippen LogP contribution in [0.4, 0.5) is 0 Å². The SMILES string of the molecule is O=C(COC(=O)C12CC3CC(CC(O)(C3)C1)C2)N1CCOCC1. The first-order valence-electron chi connectivity index (χ1n) is 8.73. The lowest BCUT2D eigenvalue weighted by Gasteiger charge is -2.58. The molecule has 1 heterocycles. The van der Waals surface area contributed by atoms with E-state index in [2.05, 4.69) is 0 Å². The number of amides is 1. The summed E-state index contributed by atoms with van der Waals surface area (Å²) in [5.41, 5.74) is -1.23. The van der Waals surface area contributed by atoms with E-state index in [1.807, 2.05) is 0 Å². The van der Waals surface area contributed by atoms with Crippen LogP contribution in [-0.2, 0) is 19.1 Å². The molecule has 0 aromatic heterocycles. The van der Waals surface area contributed by atoms with Crippen LogP contribution in [0.3, 0.4) is 0 Å². The summed E-state index contributed by atoms with van der Waals surface area (Å²) in [6.45, 7) is 2.02. The predicted octanol–water partition coefficient (Wildman–Crippen LogP) is 0.720. The maximum Gasteiger partial charge on any atom is 0.312 e. The Balaban J connectivity index is 1.38. The zero-order valence-electron chi connectivity index (χ0n) is 13.5. The lowest BCUT2D eigenvalue weighted by atomic mass is 9.48. The van der Waals surface area contributed by atoms with Crippen molar-refractivity contribution in [1.29, 1.82) is 0 Å². The minimum atomic E-state index is -0.683. The van der Waals surface area contributed by atoms with Crippen LogP contribution in [0.2, 0.25) is 0 Å². The molecule has 23 heavy (non-hydrogen) atoms. The number of hydrogen-bond acceptors (Lipinski definition) is 5. The molecular formula is C17H25NO5. The molecule has 6 nitrogen and oxygen atoms in total. The van der Waals surface area contributed by atoms with Crippen LogP contribution in [0.5, 0.6) is 0 Å². The van der Waals surface area contributed by atoms with Gasteiger partial charge in [0.2, 0.25) is 0 Å². The fraction of sp³-hybridized carbons (Fsp3) is 0.882. The minimum absolute atomic E-state index is 0.148. The monoisotopic (exact) mass is 323 g/mol. The van der Waals surface area contributed by atoms with Crippen molar-refractivity contribution in [1.82, 2.24) is 4.90 Å². The number of hydrogen-bond donors (Lipinski definition) is 1. The number of ether oxygens (including phenoxy) is 2. The normalized spacial score (nSPS) is 41.9. The maximum atomic E-state index is 12.7. The van der Waals surface area contributed by atoms with E-state index in [1.54, 1.807) is 4.90 Å². The van der Waals surface area contributed by atoms with Gasteiger partial charge in [-0.05, 0) is 50.4 Å². The van der Waals surface area contributed by atoms with Crippen LogP contribution in [0.25, 0.3) is 0 Å². The Morgan fingerprint density at radius 3 is 2.39 bits per heavy atom. The van der Waals surface area contributed by atoms with Crippen molar-refractivity contribution >= 4 is 11.9 Å². The van der Waals surface area contributed by atoms with E-state index in [-0.39, 0.29) is 18.5 Å². The van der Waals surface area contributed by atoms with E-state index in [1.165, 1.54) is 0 Å². The largest absolute Gasteiger partial charge is 0.455 e. The second-order valence-electron chi connectivity index (χ2n) is 8.03. The van der Waals surface area contributed by atoms with E-state index >= 15 is 0 Å². The van der Waals surface area contributed by atoms with Crippen molar-refractivity contribution in [2.24, 2.45) is 17.3 Å². The Labute approximate surface area is 136 Å². The van der Waals surface area contributed by atoms with Crippen molar-refractivity contribution in [2.45, 2.75) is 44.1 Å². The summed E-state index contributed by atoms with van der Waals surface area (Å²) in [7, 11) is 0. The Morgan fingerprint density at radius 2 is 1.78 bits per heavy atom. The second kappa shape index (κ2) is 5.45. The number of aliphatic hydroxyl groups is 1. The number of carbonyl (C=O) groups is 2. The molecule has 0 aromatic carbocycles. The van der Waals surface area contributed by atoms with Gasteiger partial charge in [0.05, 0.1) is 24.2 Å². The van der Waals surface area contributed by atoms with E-state index in [9.17, 15) is 14.7 Å². The number of morpholine rings is 1. The average molecular weight is 323 g/mol. The summed E-state index contributed by atoms with van der Waals surface area (Å²) >= 11 is 0. The van der Waals surface area contributed by atoms with Gasteiger partial charge in [0.25, 0.3) is 5.91 Å². The summed E-state index contributed by atoms with van der Waals surface area (Å²) < 4.78 is 10.6. The van der Waals surface area contributed by atoms with Gasteiger partial charge < -0.3 is 19.5 Å². The smallest absolute Gasteiger partial charge is 0.312 e. The van der Waals surface area contributed by atoms with Crippen molar-refractivity contribution in [2.75, 3.05) is 32.9 Å². The molecule has 4 bridgehead atoms. The van der Waals surface area contributed by atoms with Crippen LogP contribution in [0, 0.1) is 17.3 Å². The Morgan fingerprint density at radius 1 is 1.13 bits per heavy atom. The zero-order chi connectivity index (χ0) is 16.1. The van der Waals surface area contributed by atoms with Crippen molar-refractivity contribution in [3.05, 3.63) is 0 Å². The molecule has 0 spiro atoms. The first-order chi connectivity index (χ1) is 11.0. The lowest BCUT2D eigenvalue weighted by molar-refractivity contribution is -0.197. The topological polar surface area (TPSA) is 76.1 Å². The zero-order valence-corrected chi connectivity index (χ0v) is 13.5. The Hall–Kier alpha value is -1.14. The standard InChI is InChI=1S/C17H25NO5/c19-14(18-1-3-22-4-2-18)10-23-15(20)16-6-12-5-13(7-16)9-17(21,8-12)11-16/h12-13,21H,1-11H2. The van der Waals surface area contributed by atoms with Crippen molar-refractivity contribution in [3.8, 4) is 0 Å².